The van der Waals surface area contributed by atoms with Gasteiger partial charge in [-0.25, -0.2) is 0 Å². The van der Waals surface area contributed by atoms with Crippen molar-refractivity contribution in [3.05, 3.63) is 113 Å². The summed E-state index contributed by atoms with van der Waals surface area (Å²) in [5.41, 5.74) is 17.2. The lowest BCUT2D eigenvalue weighted by Crippen LogP contribution is -2.52. The number of thiophene rings is 2. The lowest BCUT2D eigenvalue weighted by atomic mass is 10.0. The van der Waals surface area contributed by atoms with Crippen LogP contribution in [0.15, 0.2) is 59.3 Å². The third-order valence-corrected chi connectivity index (χ3v) is 13.1. The van der Waals surface area contributed by atoms with Crippen molar-refractivity contribution in [1.29, 1.82) is 0 Å². The Balaban J connectivity index is 0.000000181. The van der Waals surface area contributed by atoms with E-state index in [9.17, 15) is 38.4 Å². The first kappa shape index (κ1) is 42.3. The minimum Gasteiger partial charge on any atom is -0.350 e. The first-order chi connectivity index (χ1) is 28.7. The first-order valence-electron chi connectivity index (χ1n) is 19.1. The molecule has 4 aliphatic rings. The van der Waals surface area contributed by atoms with E-state index in [-0.39, 0.29) is 67.9 Å². The Kier molecular flexibility index (Phi) is 12.6. The fourth-order valence-electron chi connectivity index (χ4n) is 7.43. The quantitative estimate of drug-likeness (QED) is 0.127. The summed E-state index contributed by atoms with van der Waals surface area (Å²) in [5, 5.41) is 14.2. The zero-order valence-electron chi connectivity index (χ0n) is 32.2. The van der Waals surface area contributed by atoms with Crippen molar-refractivity contribution in [1.82, 2.24) is 31.1 Å². The van der Waals surface area contributed by atoms with E-state index in [1.165, 1.54) is 32.5 Å². The van der Waals surface area contributed by atoms with Crippen LogP contribution in [0.2, 0.25) is 5.02 Å². The second-order valence-corrected chi connectivity index (χ2v) is 17.1. The van der Waals surface area contributed by atoms with Gasteiger partial charge in [0.05, 0.1) is 24.2 Å². The molecule has 2 aromatic carbocycles. The third kappa shape index (κ3) is 8.87. The molecule has 2 saturated heterocycles. The van der Waals surface area contributed by atoms with Crippen LogP contribution in [0.4, 0.5) is 0 Å². The van der Waals surface area contributed by atoms with Crippen LogP contribution in [-0.2, 0) is 54.9 Å². The number of carbonyl (C=O) groups excluding carboxylic acids is 8. The zero-order chi connectivity index (χ0) is 42.8. The van der Waals surface area contributed by atoms with Gasteiger partial charge in [-0.05, 0) is 54.2 Å². The monoisotopic (exact) mass is 872 g/mol. The second-order valence-electron chi connectivity index (χ2n) is 14.8. The summed E-state index contributed by atoms with van der Waals surface area (Å²) >= 11 is 8.73. The third-order valence-electron chi connectivity index (χ3n) is 10.8. The predicted octanol–water partition coefficient (Wildman–Crippen LogP) is 2.61. The van der Waals surface area contributed by atoms with Crippen LogP contribution in [0.3, 0.4) is 0 Å². The molecule has 60 heavy (non-hydrogen) atoms. The number of hydrogen-bond donors (Lipinski definition) is 6. The van der Waals surface area contributed by atoms with Crippen LogP contribution < -0.4 is 32.7 Å². The van der Waals surface area contributed by atoms with Crippen molar-refractivity contribution >= 4 is 81.5 Å². The van der Waals surface area contributed by atoms with Gasteiger partial charge in [-0.15, -0.1) is 22.7 Å². The number of amides is 8. The van der Waals surface area contributed by atoms with E-state index in [0.717, 1.165) is 32.0 Å². The minimum atomic E-state index is -0.863. The van der Waals surface area contributed by atoms with Crippen molar-refractivity contribution in [2.24, 2.45) is 11.5 Å². The zero-order valence-corrected chi connectivity index (χ0v) is 34.6. The Morgan fingerprint density at radius 1 is 0.733 bits per heavy atom. The van der Waals surface area contributed by atoms with Crippen molar-refractivity contribution in [2.45, 2.75) is 83.0 Å². The van der Waals surface area contributed by atoms with Gasteiger partial charge in [-0.2, -0.15) is 0 Å². The highest BCUT2D eigenvalue weighted by Gasteiger charge is 2.42. The van der Waals surface area contributed by atoms with E-state index in [2.05, 4.69) is 21.3 Å². The number of nitrogens with two attached hydrogens (primary N) is 2. The van der Waals surface area contributed by atoms with Gasteiger partial charge in [0.15, 0.2) is 0 Å². The molecule has 0 aliphatic carbocycles. The Bertz CT molecular complexity index is 2420. The molecular formula is C41H41ClN8O8S2. The molecule has 4 atom stereocenters. The van der Waals surface area contributed by atoms with Gasteiger partial charge in [0.1, 0.15) is 24.2 Å². The molecule has 0 spiro atoms. The summed E-state index contributed by atoms with van der Waals surface area (Å²) in [5.74, 6) is -2.63. The Morgan fingerprint density at radius 2 is 1.20 bits per heavy atom. The molecule has 4 aromatic rings. The number of halogens is 1. The summed E-state index contributed by atoms with van der Waals surface area (Å²) in [6, 6.07) is 11.3. The summed E-state index contributed by atoms with van der Waals surface area (Å²) in [7, 11) is 0. The lowest BCUT2D eigenvalue weighted by molar-refractivity contribution is -0.138. The number of nitrogens with one attached hydrogen (secondary N) is 4. The van der Waals surface area contributed by atoms with E-state index < -0.39 is 36.0 Å². The highest BCUT2D eigenvalue weighted by Crippen LogP contribution is 2.35. The number of piperidine rings is 2. The van der Waals surface area contributed by atoms with Gasteiger partial charge >= 0.3 is 0 Å². The van der Waals surface area contributed by atoms with Gasteiger partial charge in [-0.1, -0.05) is 53.6 Å². The molecule has 2 aromatic heterocycles. The van der Waals surface area contributed by atoms with Crippen molar-refractivity contribution in [3.63, 3.8) is 0 Å². The van der Waals surface area contributed by atoms with E-state index in [0.29, 0.717) is 41.1 Å². The second kappa shape index (κ2) is 17.8. The average Bonchev–Trinajstić information content (AvgIpc) is 3.98. The largest absolute Gasteiger partial charge is 0.350 e. The highest BCUT2D eigenvalue weighted by molar-refractivity contribution is 7.10. The molecule has 4 unspecified atom stereocenters. The smallest absolute Gasteiger partial charge is 0.256 e. The SMILES string of the molecule is Cc1ccc(C(N)C(=O)NCc2scc3c2CN(C2CCC(=O)NC2=O)C3=O)cc1.NC(C(=O)NCc1scc2c1CN(C1CCC(=O)NC1=O)C2=O)c1cccc(Cl)c1. The van der Waals surface area contributed by atoms with Gasteiger partial charge < -0.3 is 31.9 Å². The number of nitrogens with zero attached hydrogens (tertiary/aromatic N) is 2. The average molecular weight is 873 g/mol. The van der Waals surface area contributed by atoms with Crippen LogP contribution in [0.1, 0.15) is 96.1 Å². The van der Waals surface area contributed by atoms with E-state index in [4.69, 9.17) is 23.1 Å². The molecule has 0 radical (unpaired) electrons. The van der Waals surface area contributed by atoms with Gasteiger partial charge in [0.25, 0.3) is 11.8 Å². The fraction of sp³-hybridized carbons (Fsp3) is 0.317. The van der Waals surface area contributed by atoms with Crippen LogP contribution in [-0.4, -0.2) is 69.1 Å². The molecule has 6 heterocycles. The fourth-order valence-corrected chi connectivity index (χ4v) is 9.58. The van der Waals surface area contributed by atoms with E-state index in [1.807, 2.05) is 31.2 Å². The maximum atomic E-state index is 12.8. The summed E-state index contributed by atoms with van der Waals surface area (Å²) in [6.07, 6.45) is 1.05. The molecule has 8 rings (SSSR count). The van der Waals surface area contributed by atoms with E-state index >= 15 is 0 Å². The van der Waals surface area contributed by atoms with Crippen LogP contribution in [0.25, 0.3) is 0 Å². The minimum absolute atomic E-state index is 0.206. The van der Waals surface area contributed by atoms with Gasteiger partial charge in [0.2, 0.25) is 35.4 Å². The van der Waals surface area contributed by atoms with Crippen LogP contribution in [0, 0.1) is 6.92 Å². The Hall–Kier alpha value is -5.79. The number of benzene rings is 2. The molecule has 8 N–H and O–H groups in total. The number of aryl methyl sites for hydroxylation is 1. The van der Waals surface area contributed by atoms with Crippen LogP contribution in [0.5, 0.6) is 0 Å². The first-order valence-corrected chi connectivity index (χ1v) is 21.2. The maximum absolute atomic E-state index is 12.8. The molecule has 312 valence electrons. The van der Waals surface area contributed by atoms with Gasteiger partial charge in [-0.3, -0.25) is 49.0 Å². The van der Waals surface area contributed by atoms with Crippen LogP contribution >= 0.6 is 34.3 Å². The number of carbonyl (C=O) groups is 8. The number of rotatable bonds is 10. The number of fused-ring (bicyclic) bond motifs is 2. The predicted molar refractivity (Wildman–Crippen MR) is 221 cm³/mol. The summed E-state index contributed by atoms with van der Waals surface area (Å²) in [4.78, 5) is 102. The molecule has 0 saturated carbocycles. The molecule has 4 aliphatic heterocycles. The van der Waals surface area contributed by atoms with Gasteiger partial charge in [0, 0.05) is 51.5 Å². The van der Waals surface area contributed by atoms with Crippen molar-refractivity contribution < 1.29 is 38.4 Å². The molecule has 8 amide bonds. The molecule has 19 heteroatoms. The summed E-state index contributed by atoms with van der Waals surface area (Å²) < 4.78 is 0. The Morgan fingerprint density at radius 3 is 1.65 bits per heavy atom. The molecule has 2 fully saturated rings. The summed E-state index contributed by atoms with van der Waals surface area (Å²) in [6.45, 7) is 3.01. The van der Waals surface area contributed by atoms with Crippen molar-refractivity contribution in [2.75, 3.05) is 0 Å². The standard InChI is InChI=1S/C21H22N4O4S.C20H19ClN4O4S/c1-11-2-4-12(5-3-11)18(22)20(28)23-8-16-13-9-25(21(29)14(13)10-30-16)15-6-7-17(26)24-19(15)27;21-11-3-1-2-10(6-11)17(22)19(28)23-7-15-12-8-25(20(29)13(12)9-30-15)14-4-5-16(26)24-18(14)27/h2-5,10,15,18H,6-9,22H2,1H3,(H,23,28)(H,24,26,27);1-3,6,9,14,17H,4-5,7-8,22H2,(H,23,28)(H,24,26,27). The topological polar surface area (TPSA) is 243 Å². The number of imide groups is 2. The molecular weight excluding hydrogens is 832 g/mol. The number of hydrogen-bond acceptors (Lipinski definition) is 12. The highest BCUT2D eigenvalue weighted by atomic mass is 35.5. The molecule has 16 nitrogen and oxygen atoms in total. The molecule has 0 bridgehead atoms. The van der Waals surface area contributed by atoms with Crippen molar-refractivity contribution in [3.8, 4) is 0 Å². The maximum Gasteiger partial charge on any atom is 0.256 e. The lowest BCUT2D eigenvalue weighted by Gasteiger charge is -2.29. The Labute approximate surface area is 357 Å². The normalized spacial score (nSPS) is 19.5. The van der Waals surface area contributed by atoms with E-state index in [1.54, 1.807) is 35.0 Å².